The molecular weight excluding hydrogens is 420 g/mol. The second kappa shape index (κ2) is 9.40. The average Bonchev–Trinajstić information content (AvgIpc) is 3.16. The molecule has 9 heteroatoms. The number of aryl methyl sites for hydroxylation is 1. The first kappa shape index (κ1) is 22.3. The van der Waals surface area contributed by atoms with E-state index in [9.17, 15) is 14.7 Å². The monoisotopic (exact) mass is 454 g/mol. The van der Waals surface area contributed by atoms with Gasteiger partial charge in [0, 0.05) is 64.2 Å². The number of fused-ring (bicyclic) bond motifs is 1. The summed E-state index contributed by atoms with van der Waals surface area (Å²) < 4.78 is 1.89. The number of para-hydroxylation sites is 1. The van der Waals surface area contributed by atoms with E-state index in [1.165, 1.54) is 5.69 Å². The smallest absolute Gasteiger partial charge is 0.235 e. The van der Waals surface area contributed by atoms with Crippen molar-refractivity contribution in [1.82, 2.24) is 25.3 Å². The van der Waals surface area contributed by atoms with Crippen LogP contribution in [0.3, 0.4) is 0 Å². The Kier molecular flexibility index (Phi) is 6.36. The quantitative estimate of drug-likeness (QED) is 0.568. The van der Waals surface area contributed by atoms with Crippen LogP contribution in [0.15, 0.2) is 18.2 Å². The lowest BCUT2D eigenvalue weighted by Crippen LogP contribution is -2.53. The molecule has 3 aliphatic heterocycles. The fourth-order valence-electron chi connectivity index (χ4n) is 5.71. The van der Waals surface area contributed by atoms with Crippen molar-refractivity contribution in [2.75, 3.05) is 50.8 Å². The summed E-state index contributed by atoms with van der Waals surface area (Å²) in [6.07, 6.45) is 3.15. The second-order valence-electron chi connectivity index (χ2n) is 9.71. The SMILES string of the molecule is Cn1nc(C2CCC(=O)NC2=O)c2cccc(N3CCC(CN4CCN[C@H](CO)C4)CC3)c21. The van der Waals surface area contributed by atoms with Crippen LogP contribution < -0.4 is 15.5 Å². The average molecular weight is 455 g/mol. The Balaban J connectivity index is 1.29. The Hall–Kier alpha value is -2.49. The molecule has 178 valence electrons. The van der Waals surface area contributed by atoms with Gasteiger partial charge < -0.3 is 20.2 Å². The van der Waals surface area contributed by atoms with Crippen molar-refractivity contribution in [2.45, 2.75) is 37.6 Å². The van der Waals surface area contributed by atoms with Gasteiger partial charge in [0.1, 0.15) is 0 Å². The van der Waals surface area contributed by atoms with E-state index < -0.39 is 0 Å². The molecule has 0 bridgehead atoms. The number of benzene rings is 1. The predicted octanol–water partition coefficient (Wildman–Crippen LogP) is 0.576. The van der Waals surface area contributed by atoms with E-state index in [1.54, 1.807) is 0 Å². The molecule has 1 aromatic carbocycles. The summed E-state index contributed by atoms with van der Waals surface area (Å²) in [7, 11) is 1.94. The van der Waals surface area contributed by atoms with E-state index >= 15 is 0 Å². The van der Waals surface area contributed by atoms with Gasteiger partial charge in [0.15, 0.2) is 0 Å². The number of aliphatic hydroxyl groups excluding tert-OH is 1. The molecular formula is C24H34N6O3. The molecule has 3 saturated heterocycles. The van der Waals surface area contributed by atoms with E-state index in [1.807, 2.05) is 17.8 Å². The van der Waals surface area contributed by atoms with Gasteiger partial charge in [-0.1, -0.05) is 12.1 Å². The van der Waals surface area contributed by atoms with Crippen LogP contribution in [0.1, 0.15) is 37.3 Å². The van der Waals surface area contributed by atoms with Gasteiger partial charge >= 0.3 is 0 Å². The summed E-state index contributed by atoms with van der Waals surface area (Å²) >= 11 is 0. The largest absolute Gasteiger partial charge is 0.395 e. The zero-order valence-electron chi connectivity index (χ0n) is 19.3. The molecule has 1 aromatic heterocycles. The van der Waals surface area contributed by atoms with Crippen LogP contribution in [0.5, 0.6) is 0 Å². The number of rotatable bonds is 5. The fraction of sp³-hybridized carbons (Fsp3) is 0.625. The van der Waals surface area contributed by atoms with Gasteiger partial charge in [-0.2, -0.15) is 5.10 Å². The molecule has 4 heterocycles. The number of aromatic nitrogens is 2. The molecule has 3 aliphatic rings. The number of imide groups is 1. The summed E-state index contributed by atoms with van der Waals surface area (Å²) in [5, 5.41) is 21.0. The summed E-state index contributed by atoms with van der Waals surface area (Å²) in [4.78, 5) is 29.0. The number of piperazine rings is 1. The lowest BCUT2D eigenvalue weighted by Gasteiger charge is -2.39. The topological polar surface area (TPSA) is 103 Å². The molecule has 3 N–H and O–H groups in total. The van der Waals surface area contributed by atoms with Crippen molar-refractivity contribution in [2.24, 2.45) is 13.0 Å². The lowest BCUT2D eigenvalue weighted by molar-refractivity contribution is -0.134. The van der Waals surface area contributed by atoms with E-state index in [4.69, 9.17) is 5.10 Å². The highest BCUT2D eigenvalue weighted by Gasteiger charge is 2.33. The Bertz CT molecular complexity index is 1030. The third-order valence-corrected chi connectivity index (χ3v) is 7.47. The Labute approximate surface area is 194 Å². The molecule has 2 aromatic rings. The summed E-state index contributed by atoms with van der Waals surface area (Å²) in [6.45, 7) is 6.22. The van der Waals surface area contributed by atoms with Gasteiger partial charge in [0.25, 0.3) is 0 Å². The highest BCUT2D eigenvalue weighted by Crippen LogP contribution is 2.36. The van der Waals surface area contributed by atoms with Gasteiger partial charge in [-0.25, -0.2) is 0 Å². The minimum atomic E-state index is -0.380. The molecule has 0 spiro atoms. The first-order chi connectivity index (χ1) is 16.0. The number of carbonyl (C=O) groups is 2. The minimum Gasteiger partial charge on any atom is -0.395 e. The normalized spacial score (nSPS) is 25.6. The molecule has 3 fully saturated rings. The lowest BCUT2D eigenvalue weighted by atomic mass is 9.92. The highest BCUT2D eigenvalue weighted by molar-refractivity contribution is 6.03. The van der Waals surface area contributed by atoms with Crippen LogP contribution in [0, 0.1) is 5.92 Å². The van der Waals surface area contributed by atoms with E-state index in [0.29, 0.717) is 18.8 Å². The number of hydrogen-bond donors (Lipinski definition) is 3. The van der Waals surface area contributed by atoms with Crippen molar-refractivity contribution in [3.63, 3.8) is 0 Å². The van der Waals surface area contributed by atoms with Crippen LogP contribution in [0.25, 0.3) is 10.9 Å². The number of carbonyl (C=O) groups excluding carboxylic acids is 2. The van der Waals surface area contributed by atoms with Gasteiger partial charge in [-0.05, 0) is 31.2 Å². The van der Waals surface area contributed by atoms with Crippen LogP contribution >= 0.6 is 0 Å². The van der Waals surface area contributed by atoms with E-state index in [0.717, 1.165) is 68.7 Å². The van der Waals surface area contributed by atoms with Crippen LogP contribution in [0.2, 0.25) is 0 Å². The molecule has 1 unspecified atom stereocenters. The Morgan fingerprint density at radius 1 is 1.15 bits per heavy atom. The Morgan fingerprint density at radius 2 is 1.97 bits per heavy atom. The Morgan fingerprint density at radius 3 is 2.73 bits per heavy atom. The maximum atomic E-state index is 12.5. The van der Waals surface area contributed by atoms with Crippen molar-refractivity contribution in [3.8, 4) is 0 Å². The van der Waals surface area contributed by atoms with Gasteiger partial charge in [0.05, 0.1) is 29.4 Å². The minimum absolute atomic E-state index is 0.194. The fourth-order valence-corrected chi connectivity index (χ4v) is 5.71. The summed E-state index contributed by atoms with van der Waals surface area (Å²) in [5.74, 6) is -0.154. The molecule has 0 radical (unpaired) electrons. The van der Waals surface area contributed by atoms with Crippen molar-refractivity contribution in [1.29, 1.82) is 0 Å². The van der Waals surface area contributed by atoms with Crippen molar-refractivity contribution < 1.29 is 14.7 Å². The van der Waals surface area contributed by atoms with Crippen LogP contribution in [-0.2, 0) is 16.6 Å². The molecule has 5 rings (SSSR count). The summed E-state index contributed by atoms with van der Waals surface area (Å²) in [6, 6.07) is 6.44. The number of piperidine rings is 2. The van der Waals surface area contributed by atoms with E-state index in [2.05, 4.69) is 32.6 Å². The van der Waals surface area contributed by atoms with Gasteiger partial charge in [-0.15, -0.1) is 0 Å². The summed E-state index contributed by atoms with van der Waals surface area (Å²) in [5.41, 5.74) is 3.00. The molecule has 33 heavy (non-hydrogen) atoms. The number of hydrogen-bond acceptors (Lipinski definition) is 7. The number of nitrogens with one attached hydrogen (secondary N) is 2. The number of amides is 2. The zero-order chi connectivity index (χ0) is 22.9. The second-order valence-corrected chi connectivity index (χ2v) is 9.71. The first-order valence-corrected chi connectivity index (χ1v) is 12.1. The van der Waals surface area contributed by atoms with Crippen LogP contribution in [-0.4, -0.2) is 83.5 Å². The third kappa shape index (κ3) is 4.49. The molecule has 0 aliphatic carbocycles. The molecule has 9 nitrogen and oxygen atoms in total. The van der Waals surface area contributed by atoms with Crippen molar-refractivity contribution >= 4 is 28.4 Å². The predicted molar refractivity (Wildman–Crippen MR) is 126 cm³/mol. The third-order valence-electron chi connectivity index (χ3n) is 7.47. The highest BCUT2D eigenvalue weighted by atomic mass is 16.3. The van der Waals surface area contributed by atoms with Crippen molar-refractivity contribution in [3.05, 3.63) is 23.9 Å². The maximum absolute atomic E-state index is 12.5. The van der Waals surface area contributed by atoms with Gasteiger partial charge in [0.2, 0.25) is 11.8 Å². The van der Waals surface area contributed by atoms with E-state index in [-0.39, 0.29) is 30.4 Å². The first-order valence-electron chi connectivity index (χ1n) is 12.1. The number of anilines is 1. The molecule has 0 saturated carbocycles. The van der Waals surface area contributed by atoms with Gasteiger partial charge in [-0.3, -0.25) is 19.6 Å². The number of aliphatic hydroxyl groups is 1. The maximum Gasteiger partial charge on any atom is 0.235 e. The van der Waals surface area contributed by atoms with Crippen LogP contribution in [0.4, 0.5) is 5.69 Å². The standard InChI is InChI=1S/C24H34N6O3/c1-28-23-18(22(27-28)19-5-6-21(32)26-24(19)33)3-2-4-20(23)30-10-7-16(8-11-30)13-29-12-9-25-17(14-29)15-31/h2-4,16-17,19,25,31H,5-15H2,1H3,(H,26,32,33)/t17-,19?/m0/s1. The molecule has 2 atom stereocenters. The zero-order valence-corrected chi connectivity index (χ0v) is 19.3. The number of nitrogens with zero attached hydrogens (tertiary/aromatic N) is 4. The molecule has 2 amide bonds.